The summed E-state index contributed by atoms with van der Waals surface area (Å²) in [6, 6.07) is 5.46. The fraction of sp³-hybridized carbons (Fsp3) is 0.300. The number of hydrogen-bond donors (Lipinski definition) is 2. The predicted molar refractivity (Wildman–Crippen MR) is 109 cm³/mol. The number of fused-ring (bicyclic) bond motifs is 1. The summed E-state index contributed by atoms with van der Waals surface area (Å²) in [5.74, 6) is -0.765. The number of carbonyl (C=O) groups excluding carboxylic acids is 2. The Kier molecular flexibility index (Phi) is 5.60. The highest BCUT2D eigenvalue weighted by Crippen LogP contribution is 2.25. The van der Waals surface area contributed by atoms with E-state index in [1.807, 2.05) is 39.8 Å². The quantitative estimate of drug-likeness (QED) is 0.661. The van der Waals surface area contributed by atoms with Crippen LogP contribution in [0.5, 0.6) is 0 Å². The van der Waals surface area contributed by atoms with Gasteiger partial charge in [-0.1, -0.05) is 17.7 Å². The number of aromatic nitrogens is 2. The lowest BCUT2D eigenvalue weighted by Gasteiger charge is -2.10. The summed E-state index contributed by atoms with van der Waals surface area (Å²) >= 11 is 1.49. The second kappa shape index (κ2) is 7.93. The number of thiophene rings is 1. The lowest BCUT2D eigenvalue weighted by atomic mass is 10.1. The van der Waals surface area contributed by atoms with Crippen LogP contribution >= 0.6 is 11.3 Å². The van der Waals surface area contributed by atoms with Gasteiger partial charge in [0.2, 0.25) is 5.91 Å². The van der Waals surface area contributed by atoms with Crippen LogP contribution in [0.1, 0.15) is 38.3 Å². The van der Waals surface area contributed by atoms with Crippen molar-refractivity contribution < 1.29 is 9.59 Å². The molecular weight excluding hydrogens is 376 g/mol. The standard InChI is InChI=1S/C20H22N4O3S/c1-11-5-6-15(12(2)9-11)18(26)23-22-16(25)7-8-24-10-21-19-17(20(24)27)13(3)14(4)28-19/h5-6,9-10H,7-8H2,1-4H3,(H,22,25)(H,23,26). The summed E-state index contributed by atoms with van der Waals surface area (Å²) in [7, 11) is 0. The van der Waals surface area contributed by atoms with Gasteiger partial charge in [0, 0.05) is 23.4 Å². The van der Waals surface area contributed by atoms with Crippen LogP contribution in [-0.2, 0) is 11.3 Å². The van der Waals surface area contributed by atoms with E-state index in [0.29, 0.717) is 15.8 Å². The number of rotatable bonds is 4. The van der Waals surface area contributed by atoms with Crippen LogP contribution < -0.4 is 16.4 Å². The lowest BCUT2D eigenvalue weighted by Crippen LogP contribution is -2.42. The summed E-state index contributed by atoms with van der Waals surface area (Å²) in [5, 5.41) is 0.605. The van der Waals surface area contributed by atoms with Crippen molar-refractivity contribution in [3.8, 4) is 0 Å². The van der Waals surface area contributed by atoms with Gasteiger partial charge in [0.15, 0.2) is 0 Å². The van der Waals surface area contributed by atoms with Gasteiger partial charge in [0.05, 0.1) is 11.7 Å². The van der Waals surface area contributed by atoms with Crippen LogP contribution in [0, 0.1) is 27.7 Å². The van der Waals surface area contributed by atoms with E-state index >= 15 is 0 Å². The molecule has 0 aliphatic heterocycles. The predicted octanol–water partition coefficient (Wildman–Crippen LogP) is 2.54. The first-order chi connectivity index (χ1) is 13.3. The molecule has 1 aromatic carbocycles. The lowest BCUT2D eigenvalue weighted by molar-refractivity contribution is -0.122. The van der Waals surface area contributed by atoms with Crippen molar-refractivity contribution in [1.82, 2.24) is 20.4 Å². The highest BCUT2D eigenvalue weighted by atomic mass is 32.1. The minimum absolute atomic E-state index is 0.0441. The van der Waals surface area contributed by atoms with Crippen molar-refractivity contribution in [2.75, 3.05) is 0 Å². The third kappa shape index (κ3) is 3.96. The van der Waals surface area contributed by atoms with Crippen LogP contribution in [0.2, 0.25) is 0 Å². The Labute approximate surface area is 166 Å². The first kappa shape index (κ1) is 19.8. The smallest absolute Gasteiger partial charge is 0.269 e. The second-order valence-electron chi connectivity index (χ2n) is 6.78. The Bertz CT molecular complexity index is 1130. The molecule has 3 aromatic rings. The molecule has 7 nitrogen and oxygen atoms in total. The second-order valence-corrected chi connectivity index (χ2v) is 7.98. The SMILES string of the molecule is Cc1ccc(C(=O)NNC(=O)CCn2cnc3sc(C)c(C)c3c2=O)c(C)c1. The van der Waals surface area contributed by atoms with Crippen molar-refractivity contribution in [2.24, 2.45) is 0 Å². The normalized spacial score (nSPS) is 10.9. The van der Waals surface area contributed by atoms with E-state index in [-0.39, 0.29) is 30.3 Å². The van der Waals surface area contributed by atoms with Crippen LogP contribution in [0.3, 0.4) is 0 Å². The van der Waals surface area contributed by atoms with Gasteiger partial charge in [0.25, 0.3) is 11.5 Å². The van der Waals surface area contributed by atoms with Gasteiger partial charge < -0.3 is 0 Å². The van der Waals surface area contributed by atoms with Crippen LogP contribution in [0.25, 0.3) is 10.2 Å². The number of hydrogen-bond acceptors (Lipinski definition) is 5. The number of benzene rings is 1. The molecule has 8 heteroatoms. The molecule has 0 saturated heterocycles. The molecule has 0 saturated carbocycles. The molecule has 2 heterocycles. The van der Waals surface area contributed by atoms with Crippen LogP contribution in [0.4, 0.5) is 0 Å². The Morgan fingerprint density at radius 2 is 1.89 bits per heavy atom. The molecule has 28 heavy (non-hydrogen) atoms. The Morgan fingerprint density at radius 1 is 1.14 bits per heavy atom. The monoisotopic (exact) mass is 398 g/mol. The molecule has 0 spiro atoms. The minimum atomic E-state index is -0.386. The largest absolute Gasteiger partial charge is 0.298 e. The molecule has 2 amide bonds. The van der Waals surface area contributed by atoms with Crippen molar-refractivity contribution >= 4 is 33.4 Å². The molecule has 146 valence electrons. The van der Waals surface area contributed by atoms with Crippen molar-refractivity contribution in [2.45, 2.75) is 40.7 Å². The van der Waals surface area contributed by atoms with Gasteiger partial charge in [0.1, 0.15) is 4.83 Å². The summed E-state index contributed by atoms with van der Waals surface area (Å²) in [5.41, 5.74) is 7.97. The number of carbonyl (C=O) groups is 2. The van der Waals surface area contributed by atoms with Gasteiger partial charge >= 0.3 is 0 Å². The first-order valence-corrected chi connectivity index (χ1v) is 9.71. The zero-order valence-electron chi connectivity index (χ0n) is 16.3. The Hall–Kier alpha value is -3.00. The zero-order chi connectivity index (χ0) is 20.4. The third-order valence-corrected chi connectivity index (χ3v) is 5.79. The highest BCUT2D eigenvalue weighted by Gasteiger charge is 2.13. The molecule has 0 bridgehead atoms. The van der Waals surface area contributed by atoms with Gasteiger partial charge in [-0.3, -0.25) is 29.8 Å². The zero-order valence-corrected chi connectivity index (χ0v) is 17.1. The third-order valence-electron chi connectivity index (χ3n) is 4.68. The van der Waals surface area contributed by atoms with E-state index in [9.17, 15) is 14.4 Å². The highest BCUT2D eigenvalue weighted by molar-refractivity contribution is 7.18. The Morgan fingerprint density at radius 3 is 2.61 bits per heavy atom. The van der Waals surface area contributed by atoms with Gasteiger partial charge in [-0.05, 0) is 44.9 Å². The fourth-order valence-corrected chi connectivity index (χ4v) is 3.96. The van der Waals surface area contributed by atoms with E-state index in [1.165, 1.54) is 22.2 Å². The van der Waals surface area contributed by atoms with Crippen molar-refractivity contribution in [1.29, 1.82) is 0 Å². The number of aryl methyl sites for hydroxylation is 5. The molecule has 0 fully saturated rings. The maximum atomic E-state index is 12.6. The molecule has 0 atom stereocenters. The molecule has 2 aromatic heterocycles. The van der Waals surface area contributed by atoms with Crippen LogP contribution in [0.15, 0.2) is 29.3 Å². The van der Waals surface area contributed by atoms with E-state index in [2.05, 4.69) is 15.8 Å². The molecule has 0 unspecified atom stereocenters. The summed E-state index contributed by atoms with van der Waals surface area (Å²) in [6.45, 7) is 7.83. The minimum Gasteiger partial charge on any atom is -0.298 e. The van der Waals surface area contributed by atoms with Crippen molar-refractivity contribution in [3.05, 3.63) is 62.0 Å². The van der Waals surface area contributed by atoms with Gasteiger partial charge in [-0.15, -0.1) is 11.3 Å². The topological polar surface area (TPSA) is 93.1 Å². The molecule has 2 N–H and O–H groups in total. The van der Waals surface area contributed by atoms with Gasteiger partial charge in [-0.2, -0.15) is 0 Å². The van der Waals surface area contributed by atoms with Crippen LogP contribution in [-0.4, -0.2) is 21.4 Å². The number of nitrogens with one attached hydrogen (secondary N) is 2. The van der Waals surface area contributed by atoms with Crippen molar-refractivity contribution in [3.63, 3.8) is 0 Å². The molecule has 0 aliphatic rings. The molecule has 0 radical (unpaired) electrons. The number of hydrazine groups is 1. The van der Waals surface area contributed by atoms with E-state index < -0.39 is 0 Å². The first-order valence-electron chi connectivity index (χ1n) is 8.89. The Balaban J connectivity index is 1.61. The average Bonchev–Trinajstić information content (AvgIpc) is 2.94. The van der Waals surface area contributed by atoms with E-state index in [0.717, 1.165) is 21.6 Å². The summed E-state index contributed by atoms with van der Waals surface area (Å²) in [6.07, 6.45) is 1.50. The van der Waals surface area contributed by atoms with E-state index in [4.69, 9.17) is 0 Å². The molecular formula is C20H22N4O3S. The average molecular weight is 398 g/mol. The number of amides is 2. The van der Waals surface area contributed by atoms with E-state index in [1.54, 1.807) is 6.07 Å². The summed E-state index contributed by atoms with van der Waals surface area (Å²) < 4.78 is 1.42. The van der Waals surface area contributed by atoms with Gasteiger partial charge in [-0.25, -0.2) is 4.98 Å². The fourth-order valence-electron chi connectivity index (χ4n) is 2.98. The molecule has 0 aliphatic carbocycles. The number of nitrogens with zero attached hydrogens (tertiary/aromatic N) is 2. The summed E-state index contributed by atoms with van der Waals surface area (Å²) in [4.78, 5) is 43.0. The molecule has 3 rings (SSSR count). The maximum absolute atomic E-state index is 12.6. The maximum Gasteiger partial charge on any atom is 0.269 e.